The summed E-state index contributed by atoms with van der Waals surface area (Å²) in [6, 6.07) is 15.5. The Morgan fingerprint density at radius 2 is 1.71 bits per heavy atom. The molecule has 1 atom stereocenters. The third kappa shape index (κ3) is 2.79. The average molecular weight is 262 g/mol. The van der Waals surface area contributed by atoms with Crippen LogP contribution in [0.5, 0.6) is 0 Å². The maximum Gasteiger partial charge on any atom is 0.0852 e. The summed E-state index contributed by atoms with van der Waals surface area (Å²) in [6.45, 7) is 2.02. The van der Waals surface area contributed by atoms with Crippen LogP contribution in [0.25, 0.3) is 0 Å². The van der Waals surface area contributed by atoms with Gasteiger partial charge in [0.15, 0.2) is 0 Å². The lowest BCUT2D eigenvalue weighted by Crippen LogP contribution is -1.97. The molecule has 0 saturated carbocycles. The molecule has 0 aliphatic rings. The van der Waals surface area contributed by atoms with Crippen molar-refractivity contribution in [3.63, 3.8) is 0 Å². The highest BCUT2D eigenvalue weighted by molar-refractivity contribution is 7.85. The maximum atomic E-state index is 12.4. The van der Waals surface area contributed by atoms with E-state index >= 15 is 0 Å². The summed E-state index contributed by atoms with van der Waals surface area (Å²) >= 11 is 4.27. The van der Waals surface area contributed by atoms with Crippen molar-refractivity contribution in [3.05, 3.63) is 59.7 Å². The molecule has 0 fully saturated rings. The first-order valence-electron chi connectivity index (χ1n) is 5.39. The SMILES string of the molecule is Cc1ccc(S(=O)c2ccccc2CS)cc1. The van der Waals surface area contributed by atoms with Crippen molar-refractivity contribution in [1.82, 2.24) is 0 Å². The van der Waals surface area contributed by atoms with Gasteiger partial charge in [-0.3, -0.25) is 0 Å². The first-order valence-corrected chi connectivity index (χ1v) is 7.18. The minimum atomic E-state index is -1.12. The summed E-state index contributed by atoms with van der Waals surface area (Å²) in [7, 11) is -1.12. The molecule has 0 aliphatic carbocycles. The Morgan fingerprint density at radius 1 is 1.06 bits per heavy atom. The molecule has 0 aliphatic heterocycles. The Kier molecular flexibility index (Phi) is 4.02. The topological polar surface area (TPSA) is 17.1 Å². The monoisotopic (exact) mass is 262 g/mol. The van der Waals surface area contributed by atoms with E-state index in [1.807, 2.05) is 55.5 Å². The third-order valence-electron chi connectivity index (χ3n) is 2.58. The van der Waals surface area contributed by atoms with E-state index in [-0.39, 0.29) is 0 Å². The zero-order valence-electron chi connectivity index (χ0n) is 9.59. The van der Waals surface area contributed by atoms with E-state index < -0.39 is 10.8 Å². The van der Waals surface area contributed by atoms with E-state index in [1.165, 1.54) is 5.56 Å². The highest BCUT2D eigenvalue weighted by atomic mass is 32.2. The van der Waals surface area contributed by atoms with Gasteiger partial charge in [-0.2, -0.15) is 12.6 Å². The van der Waals surface area contributed by atoms with Crippen LogP contribution in [0.2, 0.25) is 0 Å². The molecule has 0 radical (unpaired) electrons. The van der Waals surface area contributed by atoms with E-state index in [9.17, 15) is 4.21 Å². The summed E-state index contributed by atoms with van der Waals surface area (Å²) in [5.41, 5.74) is 2.20. The van der Waals surface area contributed by atoms with Crippen molar-refractivity contribution in [1.29, 1.82) is 0 Å². The summed E-state index contributed by atoms with van der Waals surface area (Å²) in [5, 5.41) is 0. The molecule has 88 valence electrons. The van der Waals surface area contributed by atoms with Gasteiger partial charge in [-0.1, -0.05) is 35.9 Å². The minimum absolute atomic E-state index is 0.605. The molecule has 0 spiro atoms. The molecule has 0 aromatic heterocycles. The molecule has 17 heavy (non-hydrogen) atoms. The Morgan fingerprint density at radius 3 is 2.35 bits per heavy atom. The fraction of sp³-hybridized carbons (Fsp3) is 0.143. The highest BCUT2D eigenvalue weighted by Gasteiger charge is 2.10. The highest BCUT2D eigenvalue weighted by Crippen LogP contribution is 2.21. The molecule has 0 amide bonds. The number of hydrogen-bond acceptors (Lipinski definition) is 2. The van der Waals surface area contributed by atoms with Gasteiger partial charge in [0.25, 0.3) is 0 Å². The van der Waals surface area contributed by atoms with Crippen LogP contribution in [0.1, 0.15) is 11.1 Å². The van der Waals surface area contributed by atoms with Gasteiger partial charge in [0.05, 0.1) is 10.8 Å². The van der Waals surface area contributed by atoms with Crippen molar-refractivity contribution in [2.24, 2.45) is 0 Å². The van der Waals surface area contributed by atoms with E-state index in [1.54, 1.807) is 0 Å². The van der Waals surface area contributed by atoms with Crippen LogP contribution in [-0.4, -0.2) is 4.21 Å². The normalized spacial score (nSPS) is 12.4. The summed E-state index contributed by atoms with van der Waals surface area (Å²) in [6.07, 6.45) is 0. The predicted molar refractivity (Wildman–Crippen MR) is 75.0 cm³/mol. The molecule has 2 rings (SSSR count). The van der Waals surface area contributed by atoms with Crippen LogP contribution < -0.4 is 0 Å². The largest absolute Gasteiger partial charge is 0.249 e. The van der Waals surface area contributed by atoms with Gasteiger partial charge in [-0.15, -0.1) is 0 Å². The molecule has 0 saturated heterocycles. The quantitative estimate of drug-likeness (QED) is 0.837. The van der Waals surface area contributed by atoms with Gasteiger partial charge in [-0.05, 0) is 30.7 Å². The lowest BCUT2D eigenvalue weighted by atomic mass is 10.2. The van der Waals surface area contributed by atoms with Crippen molar-refractivity contribution >= 4 is 23.4 Å². The van der Waals surface area contributed by atoms with Gasteiger partial charge in [0.1, 0.15) is 0 Å². The molecule has 1 nitrogen and oxygen atoms in total. The number of aryl methyl sites for hydroxylation is 1. The Labute approximate surface area is 110 Å². The van der Waals surface area contributed by atoms with E-state index in [0.29, 0.717) is 5.75 Å². The standard InChI is InChI=1S/C14H14OS2/c1-11-6-8-13(9-7-11)17(15)14-5-3-2-4-12(14)10-16/h2-9,16H,10H2,1H3. The Bertz CT molecular complexity index is 532. The lowest BCUT2D eigenvalue weighted by Gasteiger charge is -2.07. The van der Waals surface area contributed by atoms with Crippen molar-refractivity contribution in [3.8, 4) is 0 Å². The zero-order chi connectivity index (χ0) is 12.3. The molecule has 0 N–H and O–H groups in total. The fourth-order valence-electron chi connectivity index (χ4n) is 1.60. The smallest absolute Gasteiger partial charge is 0.0852 e. The van der Waals surface area contributed by atoms with Crippen LogP contribution in [-0.2, 0) is 16.6 Å². The second-order valence-electron chi connectivity index (χ2n) is 3.85. The zero-order valence-corrected chi connectivity index (χ0v) is 11.3. The van der Waals surface area contributed by atoms with Gasteiger partial charge in [-0.25, -0.2) is 4.21 Å². The first kappa shape index (κ1) is 12.4. The number of thiol groups is 1. The number of hydrogen-bond donors (Lipinski definition) is 1. The third-order valence-corrected chi connectivity index (χ3v) is 4.42. The van der Waals surface area contributed by atoms with Crippen LogP contribution in [0.15, 0.2) is 58.3 Å². The first-order chi connectivity index (χ1) is 8.22. The van der Waals surface area contributed by atoms with Gasteiger partial charge < -0.3 is 0 Å². The second-order valence-corrected chi connectivity index (χ2v) is 5.61. The van der Waals surface area contributed by atoms with Crippen molar-refractivity contribution in [2.75, 3.05) is 0 Å². The van der Waals surface area contributed by atoms with Gasteiger partial charge in [0, 0.05) is 15.5 Å². The van der Waals surface area contributed by atoms with E-state index in [2.05, 4.69) is 12.6 Å². The number of benzene rings is 2. The van der Waals surface area contributed by atoms with Crippen LogP contribution >= 0.6 is 12.6 Å². The summed E-state index contributed by atoms with van der Waals surface area (Å²) in [5.74, 6) is 0.605. The fourth-order valence-corrected chi connectivity index (χ4v) is 3.20. The van der Waals surface area contributed by atoms with Gasteiger partial charge >= 0.3 is 0 Å². The molecule has 2 aromatic carbocycles. The molecular formula is C14H14OS2. The second kappa shape index (κ2) is 5.52. The molecule has 0 bridgehead atoms. The Balaban J connectivity index is 2.40. The van der Waals surface area contributed by atoms with E-state index in [0.717, 1.165) is 15.4 Å². The summed E-state index contributed by atoms with van der Waals surface area (Å²) < 4.78 is 12.4. The molecule has 3 heteroatoms. The number of rotatable bonds is 3. The van der Waals surface area contributed by atoms with Crippen LogP contribution in [0.3, 0.4) is 0 Å². The van der Waals surface area contributed by atoms with Gasteiger partial charge in [0.2, 0.25) is 0 Å². The minimum Gasteiger partial charge on any atom is -0.249 e. The summed E-state index contributed by atoms with van der Waals surface area (Å²) in [4.78, 5) is 1.69. The van der Waals surface area contributed by atoms with Crippen LogP contribution in [0, 0.1) is 6.92 Å². The predicted octanol–water partition coefficient (Wildman–Crippen LogP) is 3.59. The molecule has 1 unspecified atom stereocenters. The van der Waals surface area contributed by atoms with Crippen LogP contribution in [0.4, 0.5) is 0 Å². The molecule has 2 aromatic rings. The maximum absolute atomic E-state index is 12.4. The van der Waals surface area contributed by atoms with Crippen molar-refractivity contribution in [2.45, 2.75) is 22.5 Å². The van der Waals surface area contributed by atoms with E-state index in [4.69, 9.17) is 0 Å². The molecular weight excluding hydrogens is 248 g/mol. The molecule has 0 heterocycles. The Hall–Kier alpha value is -1.06. The van der Waals surface area contributed by atoms with Crippen molar-refractivity contribution < 1.29 is 4.21 Å². The lowest BCUT2D eigenvalue weighted by molar-refractivity contribution is 0.682. The average Bonchev–Trinajstić information content (AvgIpc) is 2.39.